The Hall–Kier alpha value is -1.20. The molecule has 44 heavy (non-hydrogen) atoms. The summed E-state index contributed by atoms with van der Waals surface area (Å²) in [4.78, 5) is 36.8. The van der Waals surface area contributed by atoms with Gasteiger partial charge in [-0.15, -0.1) is 0 Å². The summed E-state index contributed by atoms with van der Waals surface area (Å²) >= 11 is 0. The number of nitrogens with one attached hydrogen (secondary N) is 1. The van der Waals surface area contributed by atoms with Crippen LogP contribution >= 0.6 is 0 Å². The molecule has 3 N–H and O–H groups in total. The number of nitrogen functional groups attached to an aromatic ring is 1. The van der Waals surface area contributed by atoms with E-state index in [-0.39, 0.29) is 99.8 Å². The van der Waals surface area contributed by atoms with E-state index in [1.54, 1.807) is 0 Å². The molecule has 3 aromatic carbocycles. The third-order valence-corrected chi connectivity index (χ3v) is 8.90. The van der Waals surface area contributed by atoms with Crippen molar-refractivity contribution >= 4 is 65.0 Å². The molecule has 0 saturated heterocycles. The van der Waals surface area contributed by atoms with Crippen LogP contribution in [0.3, 0.4) is 0 Å². The smallest absolute Gasteiger partial charge is 0.744 e. The number of benzene rings is 3. The molecular weight excluding hydrogens is 677 g/mol. The Morgan fingerprint density at radius 3 is 1.86 bits per heavy atom. The Morgan fingerprint density at radius 1 is 0.818 bits per heavy atom. The molecular formula is C23H15N2Na3O13S3. The minimum Gasteiger partial charge on any atom is -0.744 e. The van der Waals surface area contributed by atoms with E-state index in [9.17, 15) is 53.8 Å². The van der Waals surface area contributed by atoms with Gasteiger partial charge in [-0.05, 0) is 24.3 Å². The van der Waals surface area contributed by atoms with Gasteiger partial charge in [-0.25, -0.2) is 25.3 Å². The number of anilines is 3. The average Bonchev–Trinajstić information content (AvgIpc) is 2.86. The molecule has 0 fully saturated rings. The molecule has 0 radical (unpaired) electrons. The van der Waals surface area contributed by atoms with Crippen molar-refractivity contribution in [2.75, 3.05) is 23.4 Å². The summed E-state index contributed by atoms with van der Waals surface area (Å²) in [5.41, 5.74) is 1.74. The monoisotopic (exact) mass is 692 g/mol. The number of carbonyl (C=O) groups is 3. The average molecular weight is 693 g/mol. The van der Waals surface area contributed by atoms with Gasteiger partial charge < -0.3 is 30.1 Å². The Kier molecular flexibility index (Phi) is 14.0. The molecule has 21 heteroatoms. The zero-order valence-electron chi connectivity index (χ0n) is 23.1. The third kappa shape index (κ3) is 8.58. The van der Waals surface area contributed by atoms with Gasteiger partial charge in [0.1, 0.15) is 10.1 Å². The van der Waals surface area contributed by atoms with E-state index in [2.05, 4.69) is 9.50 Å². The van der Waals surface area contributed by atoms with Gasteiger partial charge in [0.15, 0.2) is 21.4 Å². The zero-order valence-corrected chi connectivity index (χ0v) is 31.6. The summed E-state index contributed by atoms with van der Waals surface area (Å²) in [5, 5.41) is 14.2. The summed E-state index contributed by atoms with van der Waals surface area (Å²) in [5.74, 6) is -4.65. The molecule has 1 aliphatic rings. The first-order chi connectivity index (χ1) is 18.9. The molecule has 1 aliphatic carbocycles. The summed E-state index contributed by atoms with van der Waals surface area (Å²) in [6.45, 7) is -1.06. The van der Waals surface area contributed by atoms with Gasteiger partial charge in [-0.2, -0.15) is 0 Å². The largest absolute Gasteiger partial charge is 1.00 e. The molecule has 0 heterocycles. The first-order valence-corrected chi connectivity index (χ1v) is 15.4. The first kappa shape index (κ1) is 40.8. The predicted molar refractivity (Wildman–Crippen MR) is 134 cm³/mol. The molecule has 0 atom stereocenters. The van der Waals surface area contributed by atoms with Crippen LogP contribution in [0.25, 0.3) is 0 Å². The number of hydrogen-bond acceptors (Lipinski definition) is 15. The molecule has 0 spiro atoms. The predicted octanol–water partition coefficient (Wildman–Crippen LogP) is -9.68. The van der Waals surface area contributed by atoms with Crippen LogP contribution < -0.4 is 105 Å². The number of sulfone groups is 1. The van der Waals surface area contributed by atoms with Gasteiger partial charge in [0.05, 0.1) is 50.6 Å². The maximum absolute atomic E-state index is 13.4. The van der Waals surface area contributed by atoms with E-state index < -0.39 is 104 Å². The summed E-state index contributed by atoms with van der Waals surface area (Å²) in [6.07, 6.45) is 0. The van der Waals surface area contributed by atoms with Crippen molar-refractivity contribution in [1.29, 1.82) is 0 Å². The number of rotatable bonds is 9. The maximum Gasteiger partial charge on any atom is 1.00 e. The quantitative estimate of drug-likeness (QED) is 0.0713. The van der Waals surface area contributed by atoms with Gasteiger partial charge in [-0.3, -0.25) is 13.8 Å². The third-order valence-electron chi connectivity index (χ3n) is 5.89. The van der Waals surface area contributed by atoms with Gasteiger partial charge in [0.25, 0.3) is 0 Å². The second-order valence-electron chi connectivity index (χ2n) is 8.41. The molecule has 15 nitrogen and oxygen atoms in total. The van der Waals surface area contributed by atoms with Crippen LogP contribution in [0.2, 0.25) is 0 Å². The number of carboxylic acid groups (broad SMARTS) is 1. The molecule has 0 saturated carbocycles. The molecule has 0 unspecified atom stereocenters. The second-order valence-corrected chi connectivity index (χ2v) is 12.9. The Bertz CT molecular complexity index is 2000. The van der Waals surface area contributed by atoms with Crippen molar-refractivity contribution in [3.8, 4) is 0 Å². The number of carbonyl (C=O) groups excluding carboxylic acids is 3. The summed E-state index contributed by atoms with van der Waals surface area (Å²) in [6, 6.07) is 8.34. The summed E-state index contributed by atoms with van der Waals surface area (Å²) < 4.78 is 97.1. The number of carboxylic acids is 1. The van der Waals surface area contributed by atoms with Crippen molar-refractivity contribution in [2.24, 2.45) is 0 Å². The van der Waals surface area contributed by atoms with Crippen LogP contribution in [0.4, 0.5) is 17.1 Å². The minimum absolute atomic E-state index is 0. The molecule has 0 aromatic heterocycles. The fraction of sp³-hybridized carbons (Fsp3) is 0.0870. The van der Waals surface area contributed by atoms with Crippen LogP contribution in [0.15, 0.2) is 58.3 Å². The molecule has 3 aromatic rings. The fourth-order valence-corrected chi connectivity index (χ4v) is 6.24. The normalized spacial score (nSPS) is 12.5. The van der Waals surface area contributed by atoms with Crippen molar-refractivity contribution in [3.63, 3.8) is 0 Å². The maximum atomic E-state index is 13.4. The van der Waals surface area contributed by atoms with Crippen LogP contribution in [0, 0.1) is 0 Å². The van der Waals surface area contributed by atoms with Crippen molar-refractivity contribution in [1.82, 2.24) is 0 Å². The van der Waals surface area contributed by atoms with Crippen molar-refractivity contribution in [3.05, 3.63) is 76.3 Å². The molecule has 0 amide bonds. The molecule has 0 aliphatic heterocycles. The number of fused-ring (bicyclic) bond motifs is 2. The zero-order chi connectivity index (χ0) is 30.5. The SMILES string of the molecule is Nc1c(S(=O)(=O)[O-])cc(Nc2cc(S(=O)(=O)CCOS(=O)(=O)[O-])ccc2C(=O)[O-])c2c1C(=O)c1ccccc1C2=O.[Na+].[Na+].[Na+]. The standard InChI is InChI=1S/C23H18N2O13S3.3Na/c24-20-17(40(32,33)34)10-16(18-19(20)22(27)13-4-2-1-3-12(13)21(18)26)25-15-9-11(5-6-14(15)23(28)29)39(30,31)8-7-38-41(35,36)37;;;/h1-6,9-10,25H,7-8,24H2,(H,28,29)(H,32,33,34)(H,35,36,37);;;/q;3*+1/p-3. The topological polar surface area (TPSA) is 270 Å². The van der Waals surface area contributed by atoms with E-state index in [1.807, 2.05) is 0 Å². The second kappa shape index (κ2) is 15.1. The molecule has 216 valence electrons. The molecule has 0 bridgehead atoms. The van der Waals surface area contributed by atoms with E-state index in [4.69, 9.17) is 5.73 Å². The molecule has 4 rings (SSSR count). The van der Waals surface area contributed by atoms with Crippen LogP contribution in [-0.4, -0.2) is 64.3 Å². The van der Waals surface area contributed by atoms with Crippen molar-refractivity contribution < 1.29 is 147 Å². The fourth-order valence-electron chi connectivity index (χ4n) is 4.11. The van der Waals surface area contributed by atoms with Crippen LogP contribution in [0.5, 0.6) is 0 Å². The van der Waals surface area contributed by atoms with E-state index in [1.165, 1.54) is 24.3 Å². The van der Waals surface area contributed by atoms with Gasteiger partial charge in [-0.1, -0.05) is 24.3 Å². The minimum atomic E-state index is -5.37. The number of hydrogen-bond donors (Lipinski definition) is 2. The van der Waals surface area contributed by atoms with Crippen molar-refractivity contribution in [2.45, 2.75) is 9.79 Å². The first-order valence-electron chi connectivity index (χ1n) is 11.0. The number of ketones is 2. The number of aromatic carboxylic acids is 1. The Labute approximate surface area is 317 Å². The van der Waals surface area contributed by atoms with E-state index >= 15 is 0 Å². The van der Waals surface area contributed by atoms with Crippen LogP contribution in [-0.2, 0) is 34.5 Å². The number of nitrogens with two attached hydrogens (primary N) is 1. The van der Waals surface area contributed by atoms with Gasteiger partial charge in [0, 0.05) is 22.4 Å². The van der Waals surface area contributed by atoms with Gasteiger partial charge >= 0.3 is 88.7 Å². The Morgan fingerprint density at radius 2 is 1.36 bits per heavy atom. The summed E-state index contributed by atoms with van der Waals surface area (Å²) in [7, 11) is -15.0. The van der Waals surface area contributed by atoms with Gasteiger partial charge in [0.2, 0.25) is 10.4 Å². The van der Waals surface area contributed by atoms with Crippen LogP contribution in [0.1, 0.15) is 42.2 Å². The Balaban J connectivity index is 0.00000323. The van der Waals surface area contributed by atoms with E-state index in [0.717, 1.165) is 18.2 Å². The van der Waals surface area contributed by atoms with E-state index in [0.29, 0.717) is 6.07 Å².